The molecular weight excluding hydrogens is 256 g/mol. The maximum Gasteiger partial charge on any atom is 0.307 e. The lowest BCUT2D eigenvalue weighted by atomic mass is 9.84. The van der Waals surface area contributed by atoms with Gasteiger partial charge in [-0.15, -0.1) is 0 Å². The second kappa shape index (κ2) is 5.09. The summed E-state index contributed by atoms with van der Waals surface area (Å²) >= 11 is 0. The first-order valence-electron chi connectivity index (χ1n) is 6.92. The molecule has 4 heteroatoms. The predicted molar refractivity (Wildman–Crippen MR) is 76.4 cm³/mol. The van der Waals surface area contributed by atoms with E-state index in [0.29, 0.717) is 0 Å². The molecular formula is C16H22O4. The molecule has 1 unspecified atom stereocenters. The molecule has 110 valence electrons. The zero-order valence-corrected chi connectivity index (χ0v) is 12.5. The van der Waals surface area contributed by atoms with Gasteiger partial charge >= 0.3 is 5.97 Å². The molecule has 0 aromatic heterocycles. The van der Waals surface area contributed by atoms with Crippen molar-refractivity contribution >= 4 is 5.97 Å². The number of aliphatic hydroxyl groups excluding tert-OH is 1. The molecule has 1 aromatic rings. The Labute approximate surface area is 119 Å². The maximum absolute atomic E-state index is 11.0. The van der Waals surface area contributed by atoms with Gasteiger partial charge in [-0.2, -0.15) is 0 Å². The van der Waals surface area contributed by atoms with E-state index in [1.807, 2.05) is 27.7 Å². The van der Waals surface area contributed by atoms with E-state index < -0.39 is 11.6 Å². The number of carboxylic acids is 1. The third-order valence-corrected chi connectivity index (χ3v) is 4.45. The number of ether oxygens (including phenoxy) is 1. The predicted octanol–water partition coefficient (Wildman–Crippen LogP) is 2.31. The van der Waals surface area contributed by atoms with Crippen molar-refractivity contribution in [1.82, 2.24) is 0 Å². The number of fused-ring (bicyclic) bond motifs is 1. The van der Waals surface area contributed by atoms with E-state index >= 15 is 0 Å². The molecule has 0 spiro atoms. The van der Waals surface area contributed by atoms with Crippen LogP contribution in [-0.2, 0) is 17.6 Å². The van der Waals surface area contributed by atoms with Gasteiger partial charge in [-0.3, -0.25) is 4.79 Å². The zero-order valence-electron chi connectivity index (χ0n) is 12.5. The molecule has 2 rings (SSSR count). The molecule has 20 heavy (non-hydrogen) atoms. The van der Waals surface area contributed by atoms with Crippen LogP contribution in [-0.4, -0.2) is 28.4 Å². The Kier molecular flexibility index (Phi) is 3.78. The highest BCUT2D eigenvalue weighted by atomic mass is 16.5. The van der Waals surface area contributed by atoms with E-state index in [0.717, 1.165) is 46.4 Å². The highest BCUT2D eigenvalue weighted by Crippen LogP contribution is 2.40. The Hall–Kier alpha value is -1.55. The first-order valence-corrected chi connectivity index (χ1v) is 6.92. The number of benzene rings is 1. The number of hydrogen-bond acceptors (Lipinski definition) is 3. The normalized spacial score (nSPS) is 21.2. The standard InChI is InChI=1S/C16H22O4/c1-9-10(2)15-12(5-6-16(4,8-17)20-15)11(3)13(9)7-14(18)19/h17H,5-8H2,1-4H3,(H,18,19). The Morgan fingerprint density at radius 1 is 1.25 bits per heavy atom. The average molecular weight is 278 g/mol. The molecule has 0 aliphatic carbocycles. The van der Waals surface area contributed by atoms with E-state index in [-0.39, 0.29) is 13.0 Å². The van der Waals surface area contributed by atoms with E-state index in [2.05, 4.69) is 0 Å². The molecule has 1 atom stereocenters. The van der Waals surface area contributed by atoms with Crippen LogP contribution < -0.4 is 4.74 Å². The number of hydrogen-bond donors (Lipinski definition) is 2. The van der Waals surface area contributed by atoms with Gasteiger partial charge in [-0.25, -0.2) is 0 Å². The first kappa shape index (κ1) is 14.9. The van der Waals surface area contributed by atoms with Crippen LogP contribution in [0.5, 0.6) is 5.75 Å². The Morgan fingerprint density at radius 3 is 2.45 bits per heavy atom. The molecule has 1 aliphatic heterocycles. The highest BCUT2D eigenvalue weighted by Gasteiger charge is 2.34. The summed E-state index contributed by atoms with van der Waals surface area (Å²) in [6.07, 6.45) is 1.60. The molecule has 0 saturated heterocycles. The Bertz CT molecular complexity index is 562. The van der Waals surface area contributed by atoms with Crippen LogP contribution >= 0.6 is 0 Å². The monoisotopic (exact) mass is 278 g/mol. The minimum absolute atomic E-state index is 0.0130. The van der Waals surface area contributed by atoms with Crippen LogP contribution in [0.1, 0.15) is 41.2 Å². The second-order valence-corrected chi connectivity index (χ2v) is 5.94. The van der Waals surface area contributed by atoms with Gasteiger partial charge in [0.25, 0.3) is 0 Å². The van der Waals surface area contributed by atoms with Crippen LogP contribution in [0.2, 0.25) is 0 Å². The van der Waals surface area contributed by atoms with Gasteiger partial charge in [-0.05, 0) is 68.4 Å². The summed E-state index contributed by atoms with van der Waals surface area (Å²) in [6.45, 7) is 7.76. The molecule has 4 nitrogen and oxygen atoms in total. The van der Waals surface area contributed by atoms with Crippen molar-refractivity contribution in [3.8, 4) is 5.75 Å². The van der Waals surface area contributed by atoms with E-state index in [1.165, 1.54) is 0 Å². The molecule has 0 amide bonds. The lowest BCUT2D eigenvalue weighted by Crippen LogP contribution is -2.40. The van der Waals surface area contributed by atoms with Crippen molar-refractivity contribution < 1.29 is 19.7 Å². The fraction of sp³-hybridized carbons (Fsp3) is 0.562. The topological polar surface area (TPSA) is 66.8 Å². The lowest BCUT2D eigenvalue weighted by Gasteiger charge is -2.37. The summed E-state index contributed by atoms with van der Waals surface area (Å²) in [5.41, 5.74) is 4.43. The van der Waals surface area contributed by atoms with Crippen LogP contribution in [0, 0.1) is 20.8 Å². The fourth-order valence-electron chi connectivity index (χ4n) is 2.91. The van der Waals surface area contributed by atoms with Crippen LogP contribution in [0.15, 0.2) is 0 Å². The SMILES string of the molecule is Cc1c(C)c2c(c(C)c1CC(=O)O)CCC(C)(CO)O2. The van der Waals surface area contributed by atoms with Crippen molar-refractivity contribution in [3.05, 3.63) is 27.8 Å². The fourth-order valence-corrected chi connectivity index (χ4v) is 2.91. The largest absolute Gasteiger partial charge is 0.485 e. The molecule has 1 heterocycles. The van der Waals surface area contributed by atoms with E-state index in [4.69, 9.17) is 9.84 Å². The zero-order chi connectivity index (χ0) is 15.1. The molecule has 2 N–H and O–H groups in total. The molecule has 1 aliphatic rings. The second-order valence-electron chi connectivity index (χ2n) is 5.94. The number of aliphatic carboxylic acids is 1. The van der Waals surface area contributed by atoms with Crippen molar-refractivity contribution in [1.29, 1.82) is 0 Å². The quantitative estimate of drug-likeness (QED) is 0.890. The van der Waals surface area contributed by atoms with E-state index in [9.17, 15) is 9.90 Å². The van der Waals surface area contributed by atoms with E-state index in [1.54, 1.807) is 0 Å². The van der Waals surface area contributed by atoms with Gasteiger partial charge in [0.1, 0.15) is 11.4 Å². The minimum Gasteiger partial charge on any atom is -0.485 e. The van der Waals surface area contributed by atoms with Gasteiger partial charge in [0, 0.05) is 0 Å². The summed E-state index contributed by atoms with van der Waals surface area (Å²) in [5, 5.41) is 18.5. The van der Waals surface area contributed by atoms with Gasteiger partial charge in [0.05, 0.1) is 13.0 Å². The summed E-state index contributed by atoms with van der Waals surface area (Å²) in [4.78, 5) is 11.0. The number of carbonyl (C=O) groups is 1. The van der Waals surface area contributed by atoms with Gasteiger partial charge in [-0.1, -0.05) is 0 Å². The number of carboxylic acid groups (broad SMARTS) is 1. The van der Waals surface area contributed by atoms with Crippen LogP contribution in [0.4, 0.5) is 0 Å². The summed E-state index contributed by atoms with van der Waals surface area (Å²) in [7, 11) is 0. The Balaban J connectivity index is 2.57. The third kappa shape index (κ3) is 2.40. The van der Waals surface area contributed by atoms with Gasteiger partial charge < -0.3 is 14.9 Å². The molecule has 0 radical (unpaired) electrons. The van der Waals surface area contributed by atoms with Crippen molar-refractivity contribution in [2.24, 2.45) is 0 Å². The minimum atomic E-state index is -0.813. The lowest BCUT2D eigenvalue weighted by molar-refractivity contribution is -0.136. The van der Waals surface area contributed by atoms with Crippen LogP contribution in [0.25, 0.3) is 0 Å². The van der Waals surface area contributed by atoms with Crippen molar-refractivity contribution in [2.45, 2.75) is 52.6 Å². The van der Waals surface area contributed by atoms with Crippen LogP contribution in [0.3, 0.4) is 0 Å². The first-order chi connectivity index (χ1) is 9.29. The Morgan fingerprint density at radius 2 is 1.90 bits per heavy atom. The van der Waals surface area contributed by atoms with Gasteiger partial charge in [0.15, 0.2) is 0 Å². The summed E-state index contributed by atoms with van der Waals surface area (Å²) in [6, 6.07) is 0. The van der Waals surface area contributed by atoms with Crippen molar-refractivity contribution in [3.63, 3.8) is 0 Å². The third-order valence-electron chi connectivity index (χ3n) is 4.45. The molecule has 0 bridgehead atoms. The maximum atomic E-state index is 11.0. The molecule has 0 fully saturated rings. The highest BCUT2D eigenvalue weighted by molar-refractivity contribution is 5.73. The smallest absolute Gasteiger partial charge is 0.307 e. The summed E-state index contributed by atoms with van der Waals surface area (Å²) in [5.74, 6) is 0.0180. The number of aliphatic hydroxyl groups is 1. The molecule has 1 aromatic carbocycles. The summed E-state index contributed by atoms with van der Waals surface area (Å²) < 4.78 is 6.02. The van der Waals surface area contributed by atoms with Crippen molar-refractivity contribution in [2.75, 3.05) is 6.61 Å². The average Bonchev–Trinajstić information content (AvgIpc) is 2.41. The molecule has 0 saturated carbocycles. The number of rotatable bonds is 3. The van der Waals surface area contributed by atoms with Gasteiger partial charge in [0.2, 0.25) is 0 Å².